The first-order chi connectivity index (χ1) is 4.06. The lowest BCUT2D eigenvalue weighted by Gasteiger charge is -1.91. The van der Waals surface area contributed by atoms with Crippen LogP contribution in [0.2, 0.25) is 0 Å². The van der Waals surface area contributed by atoms with Crippen molar-refractivity contribution in [3.05, 3.63) is 0 Å². The lowest BCUT2D eigenvalue weighted by molar-refractivity contribution is 0.284. The molecule has 0 aliphatic rings. The van der Waals surface area contributed by atoms with Crippen molar-refractivity contribution in [2.24, 2.45) is 0 Å². The van der Waals surface area contributed by atoms with Crippen LogP contribution in [-0.2, 0) is 19.1 Å². The summed E-state index contributed by atoms with van der Waals surface area (Å²) in [6, 6.07) is 0. The van der Waals surface area contributed by atoms with E-state index < -0.39 is 10.4 Å². The van der Waals surface area contributed by atoms with Crippen LogP contribution in [0.15, 0.2) is 0 Å². The molecule has 0 saturated heterocycles. The minimum atomic E-state index is -4.34. The summed E-state index contributed by atoms with van der Waals surface area (Å²) in [5, 5.41) is 0. The Balaban J connectivity index is 3.40. The molecule has 0 spiro atoms. The first kappa shape index (κ1) is 8.97. The molecule has 0 aliphatic carbocycles. The van der Waals surface area contributed by atoms with Gasteiger partial charge in [0.05, 0.1) is 12.8 Å². The van der Waals surface area contributed by atoms with Gasteiger partial charge < -0.3 is 0 Å². The minimum absolute atomic E-state index is 0.0553. The molecule has 7 heteroatoms. The van der Waals surface area contributed by atoms with Gasteiger partial charge in [-0.25, -0.2) is 4.18 Å². The van der Waals surface area contributed by atoms with Crippen LogP contribution in [0.5, 0.6) is 0 Å². The van der Waals surface area contributed by atoms with E-state index >= 15 is 0 Å². The molecule has 0 atom stereocenters. The largest absolute Gasteiger partial charge is 0.397 e. The monoisotopic (exact) mass is 172 g/mol. The van der Waals surface area contributed by atoms with E-state index in [0.29, 0.717) is 0 Å². The van der Waals surface area contributed by atoms with Crippen LogP contribution >= 0.6 is 8.46 Å². The second-order valence-corrected chi connectivity index (χ2v) is 2.90. The van der Waals surface area contributed by atoms with E-state index in [2.05, 4.69) is 4.18 Å². The zero-order chi connectivity index (χ0) is 7.33. The molecule has 0 aromatic rings. The molecule has 0 heterocycles. The van der Waals surface area contributed by atoms with Crippen molar-refractivity contribution >= 4 is 18.9 Å². The summed E-state index contributed by atoms with van der Waals surface area (Å²) < 4.78 is 40.8. The number of rotatable bonds is 4. The van der Waals surface area contributed by atoms with Gasteiger partial charge in [0, 0.05) is 0 Å². The predicted octanol–water partition coefficient (Wildman–Crippen LogP) is 0.0975. The first-order valence-electron chi connectivity index (χ1n) is 1.97. The Kier molecular flexibility index (Phi) is 3.88. The molecular weight excluding hydrogens is 167 g/mol. The molecule has 0 aromatic heterocycles. The summed E-state index contributed by atoms with van der Waals surface area (Å²) >= 11 is 0. The van der Waals surface area contributed by atoms with E-state index in [0.717, 1.165) is 0 Å². The maximum atomic E-state index is 9.73. The average Bonchev–Trinajstić information content (AvgIpc) is 1.63. The molecule has 0 unspecified atom stereocenters. The molecule has 0 amide bonds. The summed E-state index contributed by atoms with van der Waals surface area (Å²) in [5.41, 5.74) is 0. The number of hydrogen-bond donors (Lipinski definition) is 1. The smallest absolute Gasteiger partial charge is 0.275 e. The fraction of sp³-hybridized carbons (Fsp3) is 1.00. The van der Waals surface area contributed by atoms with Gasteiger partial charge in [-0.3, -0.25) is 9.12 Å². The first-order valence-corrected chi connectivity index (χ1v) is 4.33. The SMILES string of the molecule is O=PCCOS(=O)(=O)O. The van der Waals surface area contributed by atoms with E-state index in [1.807, 2.05) is 0 Å². The second-order valence-electron chi connectivity index (χ2n) is 1.10. The molecule has 0 fully saturated rings. The molecule has 0 bridgehead atoms. The van der Waals surface area contributed by atoms with Gasteiger partial charge in [0.25, 0.3) is 0 Å². The molecule has 5 nitrogen and oxygen atoms in total. The Morgan fingerprint density at radius 2 is 2.11 bits per heavy atom. The van der Waals surface area contributed by atoms with Gasteiger partial charge in [-0.05, 0) is 0 Å². The van der Waals surface area contributed by atoms with E-state index in [4.69, 9.17) is 4.55 Å². The van der Waals surface area contributed by atoms with Crippen LogP contribution in [-0.4, -0.2) is 25.7 Å². The molecule has 0 saturated carbocycles. The highest BCUT2D eigenvalue weighted by atomic mass is 32.3. The van der Waals surface area contributed by atoms with Crippen molar-refractivity contribution in [2.45, 2.75) is 0 Å². The fourth-order valence-corrected chi connectivity index (χ4v) is 0.763. The van der Waals surface area contributed by atoms with Gasteiger partial charge in [-0.15, -0.1) is 0 Å². The van der Waals surface area contributed by atoms with Crippen molar-refractivity contribution in [1.82, 2.24) is 0 Å². The van der Waals surface area contributed by atoms with Gasteiger partial charge in [0.1, 0.15) is 0 Å². The molecule has 0 aromatic carbocycles. The highest BCUT2D eigenvalue weighted by molar-refractivity contribution is 7.80. The maximum Gasteiger partial charge on any atom is 0.397 e. The van der Waals surface area contributed by atoms with Gasteiger partial charge >= 0.3 is 10.4 Å². The van der Waals surface area contributed by atoms with E-state index in [-0.39, 0.29) is 21.2 Å². The van der Waals surface area contributed by atoms with E-state index in [9.17, 15) is 13.0 Å². The normalized spacial score (nSPS) is 12.1. The summed E-state index contributed by atoms with van der Waals surface area (Å²) in [6.07, 6.45) is 0.0553. The highest BCUT2D eigenvalue weighted by Gasteiger charge is 2.01. The third-order valence-electron chi connectivity index (χ3n) is 0.415. The third-order valence-corrected chi connectivity index (χ3v) is 1.24. The topological polar surface area (TPSA) is 80.7 Å². The zero-order valence-corrected chi connectivity index (χ0v) is 6.06. The van der Waals surface area contributed by atoms with Gasteiger partial charge in [-0.2, -0.15) is 8.42 Å². The van der Waals surface area contributed by atoms with Crippen molar-refractivity contribution in [1.29, 1.82) is 0 Å². The van der Waals surface area contributed by atoms with Crippen molar-refractivity contribution in [2.75, 3.05) is 12.8 Å². The van der Waals surface area contributed by atoms with Gasteiger partial charge in [0.15, 0.2) is 8.46 Å². The summed E-state index contributed by atoms with van der Waals surface area (Å²) in [6.45, 7) is -0.260. The van der Waals surface area contributed by atoms with E-state index in [1.54, 1.807) is 0 Å². The molecule has 0 rings (SSSR count). The Morgan fingerprint density at radius 1 is 1.56 bits per heavy atom. The zero-order valence-electron chi connectivity index (χ0n) is 4.35. The molecule has 1 N–H and O–H groups in total. The van der Waals surface area contributed by atoms with Crippen LogP contribution in [0.1, 0.15) is 0 Å². The van der Waals surface area contributed by atoms with Crippen molar-refractivity contribution < 1.29 is 21.7 Å². The quantitative estimate of drug-likeness (QED) is 0.369. The van der Waals surface area contributed by atoms with Crippen molar-refractivity contribution in [3.63, 3.8) is 0 Å². The molecule has 0 radical (unpaired) electrons. The maximum absolute atomic E-state index is 9.73. The lowest BCUT2D eigenvalue weighted by atomic mass is 10.9. The van der Waals surface area contributed by atoms with Gasteiger partial charge in [0.2, 0.25) is 0 Å². The Hall–Kier alpha value is -0.0300. The van der Waals surface area contributed by atoms with Gasteiger partial charge in [-0.1, -0.05) is 0 Å². The Morgan fingerprint density at radius 3 is 2.44 bits per heavy atom. The predicted molar refractivity (Wildman–Crippen MR) is 30.0 cm³/mol. The van der Waals surface area contributed by atoms with Crippen LogP contribution in [0.25, 0.3) is 0 Å². The lowest BCUT2D eigenvalue weighted by Crippen LogP contribution is -2.05. The van der Waals surface area contributed by atoms with Crippen LogP contribution in [0.3, 0.4) is 0 Å². The van der Waals surface area contributed by atoms with Crippen LogP contribution < -0.4 is 0 Å². The van der Waals surface area contributed by atoms with Crippen LogP contribution in [0.4, 0.5) is 0 Å². The van der Waals surface area contributed by atoms with Crippen molar-refractivity contribution in [3.8, 4) is 0 Å². The standard InChI is InChI=1S/C2H5O5PS/c3-8-2-1-7-9(4,5)6/h1-2H2,(H,4,5,6). The average molecular weight is 172 g/mol. The highest BCUT2D eigenvalue weighted by Crippen LogP contribution is 1.92. The fourth-order valence-electron chi connectivity index (χ4n) is 0.180. The number of hydrogen-bond acceptors (Lipinski definition) is 4. The molecule has 0 aliphatic heterocycles. The molecule has 9 heavy (non-hydrogen) atoms. The third kappa shape index (κ3) is 7.97. The minimum Gasteiger partial charge on any atom is -0.275 e. The Bertz CT molecular complexity index is 171. The molecule has 54 valence electrons. The summed E-state index contributed by atoms with van der Waals surface area (Å²) in [5.74, 6) is 0. The molecular formula is C2H5O5PS. The van der Waals surface area contributed by atoms with E-state index in [1.165, 1.54) is 0 Å². The summed E-state index contributed by atoms with van der Waals surface area (Å²) in [4.78, 5) is 0. The Labute approximate surface area is 54.2 Å². The second kappa shape index (κ2) is 3.90. The van der Waals surface area contributed by atoms with Crippen LogP contribution in [0, 0.1) is 0 Å². The summed E-state index contributed by atoms with van der Waals surface area (Å²) in [7, 11) is -4.55.